The zero-order chi connectivity index (χ0) is 12.3. The number of hydrogen-bond donors (Lipinski definition) is 1. The summed E-state index contributed by atoms with van der Waals surface area (Å²) in [4.78, 5) is 2.28. The monoisotopic (exact) mass is 220 g/mol. The predicted octanol–water partition coefficient (Wildman–Crippen LogP) is 3.19. The Bertz CT molecular complexity index is 320. The van der Waals surface area contributed by atoms with E-state index in [1.165, 1.54) is 11.3 Å². The maximum absolute atomic E-state index is 5.83. The maximum atomic E-state index is 5.83. The van der Waals surface area contributed by atoms with Crippen LogP contribution in [-0.4, -0.2) is 13.6 Å². The second-order valence-electron chi connectivity index (χ2n) is 5.80. The largest absolute Gasteiger partial charge is 0.374 e. The Morgan fingerprint density at radius 1 is 1.19 bits per heavy atom. The first-order valence-corrected chi connectivity index (χ1v) is 5.86. The predicted molar refractivity (Wildman–Crippen MR) is 71.8 cm³/mol. The van der Waals surface area contributed by atoms with Crippen molar-refractivity contribution in [2.24, 2.45) is 11.1 Å². The molecule has 1 atom stereocenters. The molecule has 0 aromatic heterocycles. The zero-order valence-electron chi connectivity index (χ0n) is 11.1. The summed E-state index contributed by atoms with van der Waals surface area (Å²) in [5, 5.41) is 0. The van der Waals surface area contributed by atoms with E-state index in [1.54, 1.807) is 0 Å². The van der Waals surface area contributed by atoms with Gasteiger partial charge in [0, 0.05) is 25.3 Å². The van der Waals surface area contributed by atoms with Gasteiger partial charge in [0.25, 0.3) is 0 Å². The van der Waals surface area contributed by atoms with Crippen molar-refractivity contribution in [2.75, 3.05) is 18.5 Å². The van der Waals surface area contributed by atoms with Crippen LogP contribution in [0.4, 0.5) is 5.69 Å². The number of nitrogens with two attached hydrogens (primary N) is 1. The van der Waals surface area contributed by atoms with E-state index in [0.29, 0.717) is 5.41 Å². The minimum absolute atomic E-state index is 0.113. The molecule has 0 spiro atoms. The van der Waals surface area contributed by atoms with Gasteiger partial charge in [-0.1, -0.05) is 32.9 Å². The van der Waals surface area contributed by atoms with Gasteiger partial charge in [-0.05, 0) is 30.0 Å². The van der Waals surface area contributed by atoms with Crippen molar-refractivity contribution in [3.63, 3.8) is 0 Å². The van der Waals surface area contributed by atoms with Crippen LogP contribution in [0.25, 0.3) is 0 Å². The molecule has 1 unspecified atom stereocenters. The van der Waals surface area contributed by atoms with Crippen molar-refractivity contribution in [3.8, 4) is 0 Å². The van der Waals surface area contributed by atoms with E-state index in [2.05, 4.69) is 57.0 Å². The first-order chi connectivity index (χ1) is 7.29. The molecule has 1 aromatic rings. The summed E-state index contributed by atoms with van der Waals surface area (Å²) in [5.74, 6) is 0. The summed E-state index contributed by atoms with van der Waals surface area (Å²) in [6.45, 7) is 9.80. The first-order valence-electron chi connectivity index (χ1n) is 5.86. The summed E-state index contributed by atoms with van der Waals surface area (Å²) >= 11 is 0. The summed E-state index contributed by atoms with van der Waals surface area (Å²) in [7, 11) is 2.13. The molecular weight excluding hydrogens is 196 g/mol. The molecule has 0 aliphatic heterocycles. The smallest absolute Gasteiger partial charge is 0.0363 e. The molecule has 90 valence electrons. The summed E-state index contributed by atoms with van der Waals surface area (Å²) in [6.07, 6.45) is 0. The third kappa shape index (κ3) is 3.86. The SMILES string of the molecule is CC(N)c1ccc(N(C)CC(C)(C)C)cc1. The molecule has 2 N–H and O–H groups in total. The number of nitrogens with zero attached hydrogens (tertiary/aromatic N) is 1. The lowest BCUT2D eigenvalue weighted by atomic mass is 9.96. The Hall–Kier alpha value is -1.02. The Morgan fingerprint density at radius 2 is 1.69 bits per heavy atom. The van der Waals surface area contributed by atoms with Gasteiger partial charge in [-0.25, -0.2) is 0 Å². The Morgan fingerprint density at radius 3 is 2.06 bits per heavy atom. The second kappa shape index (κ2) is 4.88. The van der Waals surface area contributed by atoms with Gasteiger partial charge in [-0.3, -0.25) is 0 Å². The van der Waals surface area contributed by atoms with Crippen LogP contribution < -0.4 is 10.6 Å². The van der Waals surface area contributed by atoms with Gasteiger partial charge in [-0.15, -0.1) is 0 Å². The van der Waals surface area contributed by atoms with Crippen molar-refractivity contribution in [3.05, 3.63) is 29.8 Å². The minimum Gasteiger partial charge on any atom is -0.374 e. The lowest BCUT2D eigenvalue weighted by Gasteiger charge is -2.28. The highest BCUT2D eigenvalue weighted by Gasteiger charge is 2.13. The highest BCUT2D eigenvalue weighted by Crippen LogP contribution is 2.21. The van der Waals surface area contributed by atoms with E-state index < -0.39 is 0 Å². The van der Waals surface area contributed by atoms with Crippen LogP contribution in [0.5, 0.6) is 0 Å². The lowest BCUT2D eigenvalue weighted by Crippen LogP contribution is -2.29. The van der Waals surface area contributed by atoms with E-state index in [-0.39, 0.29) is 6.04 Å². The summed E-state index contributed by atoms with van der Waals surface area (Å²) < 4.78 is 0. The molecule has 0 radical (unpaired) electrons. The molecule has 16 heavy (non-hydrogen) atoms. The number of benzene rings is 1. The summed E-state index contributed by atoms with van der Waals surface area (Å²) in [5.41, 5.74) is 8.58. The van der Waals surface area contributed by atoms with E-state index in [0.717, 1.165) is 6.54 Å². The molecule has 0 amide bonds. The van der Waals surface area contributed by atoms with Gasteiger partial charge >= 0.3 is 0 Å². The van der Waals surface area contributed by atoms with Gasteiger partial charge in [0.15, 0.2) is 0 Å². The van der Waals surface area contributed by atoms with Crippen molar-refractivity contribution >= 4 is 5.69 Å². The van der Waals surface area contributed by atoms with Crippen molar-refractivity contribution < 1.29 is 0 Å². The molecule has 1 aromatic carbocycles. The van der Waals surface area contributed by atoms with Gasteiger partial charge in [0.1, 0.15) is 0 Å². The van der Waals surface area contributed by atoms with Gasteiger partial charge in [0.05, 0.1) is 0 Å². The molecule has 0 fully saturated rings. The fourth-order valence-electron chi connectivity index (χ4n) is 1.84. The van der Waals surface area contributed by atoms with Crippen molar-refractivity contribution in [2.45, 2.75) is 33.7 Å². The molecule has 0 aliphatic rings. The first kappa shape index (κ1) is 13.0. The third-order valence-corrected chi connectivity index (χ3v) is 2.57. The van der Waals surface area contributed by atoms with Crippen LogP contribution in [0, 0.1) is 5.41 Å². The molecular formula is C14H24N2. The molecule has 2 heteroatoms. The van der Waals surface area contributed by atoms with Crippen LogP contribution in [0.1, 0.15) is 39.3 Å². The molecule has 0 aliphatic carbocycles. The highest BCUT2D eigenvalue weighted by molar-refractivity contribution is 5.47. The quantitative estimate of drug-likeness (QED) is 0.847. The van der Waals surface area contributed by atoms with Crippen molar-refractivity contribution in [1.82, 2.24) is 0 Å². The Kier molecular flexibility index (Phi) is 3.98. The molecule has 2 nitrogen and oxygen atoms in total. The minimum atomic E-state index is 0.113. The van der Waals surface area contributed by atoms with Crippen LogP contribution >= 0.6 is 0 Å². The number of hydrogen-bond acceptors (Lipinski definition) is 2. The Labute approximate surface area is 99.5 Å². The topological polar surface area (TPSA) is 29.3 Å². The standard InChI is InChI=1S/C14H24N2/c1-11(15)12-6-8-13(9-7-12)16(5)10-14(2,3)4/h6-9,11H,10,15H2,1-5H3. The van der Waals surface area contributed by atoms with E-state index in [9.17, 15) is 0 Å². The molecule has 0 saturated carbocycles. The van der Waals surface area contributed by atoms with E-state index in [1.807, 2.05) is 6.92 Å². The second-order valence-corrected chi connectivity index (χ2v) is 5.80. The highest BCUT2D eigenvalue weighted by atomic mass is 15.1. The van der Waals surface area contributed by atoms with E-state index >= 15 is 0 Å². The van der Waals surface area contributed by atoms with Gasteiger partial charge in [-0.2, -0.15) is 0 Å². The molecule has 0 heterocycles. The number of rotatable bonds is 3. The average Bonchev–Trinajstić information content (AvgIpc) is 2.15. The van der Waals surface area contributed by atoms with E-state index in [4.69, 9.17) is 5.73 Å². The molecule has 1 rings (SSSR count). The fraction of sp³-hybridized carbons (Fsp3) is 0.571. The fourth-order valence-corrected chi connectivity index (χ4v) is 1.84. The Balaban J connectivity index is 2.74. The van der Waals surface area contributed by atoms with Gasteiger partial charge < -0.3 is 10.6 Å². The van der Waals surface area contributed by atoms with Crippen LogP contribution in [0.3, 0.4) is 0 Å². The third-order valence-electron chi connectivity index (χ3n) is 2.57. The molecule has 0 saturated heterocycles. The maximum Gasteiger partial charge on any atom is 0.0363 e. The van der Waals surface area contributed by atoms with Crippen LogP contribution in [0.15, 0.2) is 24.3 Å². The van der Waals surface area contributed by atoms with Gasteiger partial charge in [0.2, 0.25) is 0 Å². The van der Waals surface area contributed by atoms with Crippen LogP contribution in [0.2, 0.25) is 0 Å². The van der Waals surface area contributed by atoms with Crippen LogP contribution in [-0.2, 0) is 0 Å². The normalized spacial score (nSPS) is 13.6. The zero-order valence-corrected chi connectivity index (χ0v) is 11.1. The lowest BCUT2D eigenvalue weighted by molar-refractivity contribution is 0.419. The molecule has 0 bridgehead atoms. The van der Waals surface area contributed by atoms with Crippen molar-refractivity contribution in [1.29, 1.82) is 0 Å². The summed E-state index contributed by atoms with van der Waals surface area (Å²) in [6, 6.07) is 8.62. The average molecular weight is 220 g/mol. The number of anilines is 1.